The van der Waals surface area contributed by atoms with Crippen LogP contribution in [0.4, 0.5) is 4.39 Å². The highest BCUT2D eigenvalue weighted by atomic mass is 35.5. The van der Waals surface area contributed by atoms with Crippen molar-refractivity contribution in [3.05, 3.63) is 69.0 Å². The van der Waals surface area contributed by atoms with Gasteiger partial charge in [-0.05, 0) is 36.4 Å². The Morgan fingerprint density at radius 2 is 2.20 bits per heavy atom. The highest BCUT2D eigenvalue weighted by Crippen LogP contribution is 2.24. The summed E-state index contributed by atoms with van der Waals surface area (Å²) in [4.78, 5) is 19.1. The predicted molar refractivity (Wildman–Crippen MR) is 93.8 cm³/mol. The minimum Gasteiger partial charge on any atom is -0.497 e. The second-order valence-corrected chi connectivity index (χ2v) is 5.51. The molecule has 0 bridgehead atoms. The Hall–Kier alpha value is -3.17. The summed E-state index contributed by atoms with van der Waals surface area (Å²) in [6, 6.07) is 10.9. The zero-order chi connectivity index (χ0) is 18.0. The summed E-state index contributed by atoms with van der Waals surface area (Å²) >= 11 is 5.98. The van der Waals surface area contributed by atoms with E-state index >= 15 is 0 Å². The van der Waals surface area contributed by atoms with Crippen LogP contribution in [0.25, 0.3) is 22.6 Å². The lowest BCUT2D eigenvalue weighted by Gasteiger charge is -2.05. The van der Waals surface area contributed by atoms with Crippen LogP contribution in [-0.4, -0.2) is 17.1 Å². The second kappa shape index (κ2) is 6.75. The molecular formula is C18H11ClFN3O2. The maximum Gasteiger partial charge on any atom is 0.259 e. The van der Waals surface area contributed by atoms with Gasteiger partial charge >= 0.3 is 0 Å². The van der Waals surface area contributed by atoms with E-state index in [0.29, 0.717) is 16.7 Å². The summed E-state index contributed by atoms with van der Waals surface area (Å²) in [5.74, 6) is -0.0284. The molecule has 7 heteroatoms. The van der Waals surface area contributed by atoms with E-state index in [1.807, 2.05) is 6.07 Å². The molecule has 1 N–H and O–H groups in total. The first kappa shape index (κ1) is 16.7. The van der Waals surface area contributed by atoms with Gasteiger partial charge in [0, 0.05) is 5.56 Å². The van der Waals surface area contributed by atoms with Gasteiger partial charge in [0.05, 0.1) is 28.6 Å². The number of nitriles is 1. The minimum atomic E-state index is -0.576. The molecule has 2 aromatic carbocycles. The fraction of sp³-hybridized carbons (Fsp3) is 0.0556. The number of rotatable bonds is 3. The lowest BCUT2D eigenvalue weighted by atomic mass is 10.1. The molecule has 0 saturated carbocycles. The molecule has 0 aliphatic heterocycles. The monoisotopic (exact) mass is 355 g/mol. The minimum absolute atomic E-state index is 0.0122. The molecule has 0 aliphatic rings. The van der Waals surface area contributed by atoms with Crippen LogP contribution in [0, 0.1) is 17.1 Å². The molecule has 0 fully saturated rings. The van der Waals surface area contributed by atoms with Crippen molar-refractivity contribution in [2.45, 2.75) is 0 Å². The number of nitrogens with zero attached hydrogens (tertiary/aromatic N) is 2. The first-order valence-corrected chi connectivity index (χ1v) is 7.55. The maximum atomic E-state index is 13.9. The Balaban J connectivity index is 2.18. The molecular weight excluding hydrogens is 345 g/mol. The van der Waals surface area contributed by atoms with Crippen LogP contribution in [0.1, 0.15) is 11.4 Å². The third-order valence-corrected chi connectivity index (χ3v) is 3.91. The molecule has 0 saturated heterocycles. The number of fused-ring (bicyclic) bond motifs is 1. The third kappa shape index (κ3) is 3.23. The molecule has 1 heterocycles. The second-order valence-electron chi connectivity index (χ2n) is 5.10. The van der Waals surface area contributed by atoms with Crippen LogP contribution in [0.3, 0.4) is 0 Å². The Morgan fingerprint density at radius 3 is 2.88 bits per heavy atom. The summed E-state index contributed by atoms with van der Waals surface area (Å²) < 4.78 is 19.0. The summed E-state index contributed by atoms with van der Waals surface area (Å²) in [6.07, 6.45) is 1.26. The van der Waals surface area contributed by atoms with Crippen molar-refractivity contribution in [3.63, 3.8) is 0 Å². The standard InChI is InChI=1S/C18H11ClFN3O2/c1-25-11-5-6-16-13(8-11)18(24)23-17(22-16)10(9-21)7-12-14(19)3-2-4-15(12)20/h2-8H,1H3,(H,22,23,24). The van der Waals surface area contributed by atoms with Gasteiger partial charge in [0.15, 0.2) is 5.82 Å². The van der Waals surface area contributed by atoms with E-state index in [0.717, 1.165) is 0 Å². The molecule has 0 unspecified atom stereocenters. The van der Waals surface area contributed by atoms with Crippen LogP contribution in [0.5, 0.6) is 5.75 Å². The number of aromatic nitrogens is 2. The molecule has 3 aromatic rings. The van der Waals surface area contributed by atoms with Gasteiger partial charge in [-0.1, -0.05) is 17.7 Å². The van der Waals surface area contributed by atoms with Crippen molar-refractivity contribution in [1.29, 1.82) is 5.26 Å². The van der Waals surface area contributed by atoms with Crippen molar-refractivity contribution in [2.24, 2.45) is 0 Å². The van der Waals surface area contributed by atoms with Crippen molar-refractivity contribution >= 4 is 34.2 Å². The van der Waals surface area contributed by atoms with E-state index in [9.17, 15) is 14.4 Å². The van der Waals surface area contributed by atoms with Crippen LogP contribution in [0.2, 0.25) is 5.02 Å². The van der Waals surface area contributed by atoms with E-state index in [4.69, 9.17) is 16.3 Å². The van der Waals surface area contributed by atoms with Crippen molar-refractivity contribution in [3.8, 4) is 11.8 Å². The van der Waals surface area contributed by atoms with E-state index in [1.54, 1.807) is 18.2 Å². The van der Waals surface area contributed by atoms with Crippen molar-refractivity contribution < 1.29 is 9.13 Å². The number of nitrogens with one attached hydrogen (secondary N) is 1. The Labute approximate surface area is 147 Å². The quantitative estimate of drug-likeness (QED) is 0.725. The predicted octanol–water partition coefficient (Wildman–Crippen LogP) is 3.79. The number of aromatic amines is 1. The molecule has 25 heavy (non-hydrogen) atoms. The maximum absolute atomic E-state index is 13.9. The van der Waals surface area contributed by atoms with Crippen LogP contribution >= 0.6 is 11.6 Å². The van der Waals surface area contributed by atoms with Gasteiger partial charge in [-0.15, -0.1) is 0 Å². The molecule has 3 rings (SSSR count). The number of hydrogen-bond donors (Lipinski definition) is 1. The molecule has 124 valence electrons. The first-order valence-electron chi connectivity index (χ1n) is 7.17. The molecule has 0 spiro atoms. The molecule has 0 atom stereocenters. The molecule has 0 amide bonds. The number of ether oxygens (including phenoxy) is 1. The number of benzene rings is 2. The Morgan fingerprint density at radius 1 is 1.40 bits per heavy atom. The average molecular weight is 356 g/mol. The Kier molecular flexibility index (Phi) is 4.50. The van der Waals surface area contributed by atoms with Gasteiger partial charge in [-0.3, -0.25) is 4.79 Å². The zero-order valence-corrected chi connectivity index (χ0v) is 13.8. The molecule has 0 aliphatic carbocycles. The number of halogens is 2. The van der Waals surface area contributed by atoms with Gasteiger partial charge in [0.25, 0.3) is 5.56 Å². The largest absolute Gasteiger partial charge is 0.497 e. The fourth-order valence-corrected chi connectivity index (χ4v) is 2.54. The summed E-state index contributed by atoms with van der Waals surface area (Å²) in [5.41, 5.74) is 0.0000210. The molecule has 1 aromatic heterocycles. The fourth-order valence-electron chi connectivity index (χ4n) is 2.32. The average Bonchev–Trinajstić information content (AvgIpc) is 2.61. The van der Waals surface area contributed by atoms with Crippen LogP contribution < -0.4 is 10.3 Å². The van der Waals surface area contributed by atoms with Crippen LogP contribution in [0.15, 0.2) is 41.2 Å². The summed E-state index contributed by atoms with van der Waals surface area (Å²) in [6.45, 7) is 0. The Bertz CT molecular complexity index is 1080. The van der Waals surface area contributed by atoms with E-state index in [2.05, 4.69) is 9.97 Å². The lowest BCUT2D eigenvalue weighted by Crippen LogP contribution is -2.11. The van der Waals surface area contributed by atoms with Crippen LogP contribution in [-0.2, 0) is 0 Å². The highest BCUT2D eigenvalue weighted by Gasteiger charge is 2.12. The molecule has 0 radical (unpaired) electrons. The first-order chi connectivity index (χ1) is 12.0. The van der Waals surface area contributed by atoms with E-state index in [-0.39, 0.29) is 22.0 Å². The highest BCUT2D eigenvalue weighted by molar-refractivity contribution is 6.32. The topological polar surface area (TPSA) is 78.8 Å². The number of methoxy groups -OCH3 is 1. The van der Waals surface area contributed by atoms with Crippen molar-refractivity contribution in [2.75, 3.05) is 7.11 Å². The SMILES string of the molecule is COc1ccc2nc(C(C#N)=Cc3c(F)cccc3Cl)[nH]c(=O)c2c1. The van der Waals surface area contributed by atoms with Gasteiger partial charge in [0.1, 0.15) is 17.6 Å². The summed E-state index contributed by atoms with van der Waals surface area (Å²) in [7, 11) is 1.49. The number of hydrogen-bond acceptors (Lipinski definition) is 4. The molecule has 5 nitrogen and oxygen atoms in total. The van der Waals surface area contributed by atoms with Gasteiger partial charge < -0.3 is 9.72 Å². The van der Waals surface area contributed by atoms with E-state index in [1.165, 1.54) is 31.4 Å². The van der Waals surface area contributed by atoms with Crippen molar-refractivity contribution in [1.82, 2.24) is 9.97 Å². The van der Waals surface area contributed by atoms with E-state index < -0.39 is 11.4 Å². The zero-order valence-electron chi connectivity index (χ0n) is 13.0. The van der Waals surface area contributed by atoms with Gasteiger partial charge in [0.2, 0.25) is 0 Å². The smallest absolute Gasteiger partial charge is 0.259 e. The number of allylic oxidation sites excluding steroid dienone is 1. The normalized spacial score (nSPS) is 11.4. The number of H-pyrrole nitrogens is 1. The van der Waals surface area contributed by atoms with Gasteiger partial charge in [-0.2, -0.15) is 5.26 Å². The van der Waals surface area contributed by atoms with Gasteiger partial charge in [-0.25, -0.2) is 9.37 Å². The summed E-state index contributed by atoms with van der Waals surface area (Å²) in [5, 5.41) is 9.88. The third-order valence-electron chi connectivity index (χ3n) is 3.58. The lowest BCUT2D eigenvalue weighted by molar-refractivity contribution is 0.415.